The highest BCUT2D eigenvalue weighted by atomic mass is 16.5. The number of amides is 1. The number of ether oxygens (including phenoxy) is 2. The number of anilines is 1. The van der Waals surface area contributed by atoms with Crippen LogP contribution in [0.2, 0.25) is 0 Å². The second-order valence-corrected chi connectivity index (χ2v) is 6.53. The van der Waals surface area contributed by atoms with Gasteiger partial charge in [-0.2, -0.15) is 0 Å². The predicted molar refractivity (Wildman–Crippen MR) is 99.9 cm³/mol. The van der Waals surface area contributed by atoms with E-state index >= 15 is 0 Å². The summed E-state index contributed by atoms with van der Waals surface area (Å²) in [5.41, 5.74) is 2.06. The Kier molecular flexibility index (Phi) is 8.26. The Morgan fingerprint density at radius 3 is 2.21 bits per heavy atom. The fraction of sp³-hybridized carbons (Fsp3) is 0.650. The first-order chi connectivity index (χ1) is 11.4. The summed E-state index contributed by atoms with van der Waals surface area (Å²) >= 11 is 0. The second kappa shape index (κ2) is 9.67. The molecule has 0 heterocycles. The molecule has 1 aromatic rings. The summed E-state index contributed by atoms with van der Waals surface area (Å²) in [6.45, 7) is 13.3. The number of carbonyl (C=O) groups excluding carboxylic acids is 1. The van der Waals surface area contributed by atoms with Crippen molar-refractivity contribution in [2.24, 2.45) is 0 Å². The van der Waals surface area contributed by atoms with Crippen LogP contribution in [0.5, 0.6) is 5.75 Å². The van der Waals surface area contributed by atoms with Gasteiger partial charge in [0.05, 0.1) is 6.61 Å². The molecule has 1 atom stereocenters. The molecule has 24 heavy (non-hydrogen) atoms. The van der Waals surface area contributed by atoms with Crippen LogP contribution in [-0.4, -0.2) is 24.7 Å². The zero-order valence-electron chi connectivity index (χ0n) is 16.1. The van der Waals surface area contributed by atoms with Crippen molar-refractivity contribution in [1.29, 1.82) is 0 Å². The van der Waals surface area contributed by atoms with Gasteiger partial charge in [0.25, 0.3) is 5.91 Å². The van der Waals surface area contributed by atoms with E-state index in [1.165, 1.54) is 0 Å². The molecule has 4 heteroatoms. The molecule has 0 aromatic heterocycles. The minimum Gasteiger partial charge on any atom is -0.493 e. The number of nitrogens with one attached hydrogen (secondary N) is 1. The van der Waals surface area contributed by atoms with Crippen molar-refractivity contribution >= 4 is 11.6 Å². The predicted octanol–water partition coefficient (Wildman–Crippen LogP) is 5.02. The van der Waals surface area contributed by atoms with E-state index in [4.69, 9.17) is 9.47 Å². The van der Waals surface area contributed by atoms with Crippen LogP contribution in [0.1, 0.15) is 64.5 Å². The Morgan fingerprint density at radius 2 is 1.71 bits per heavy atom. The molecule has 0 radical (unpaired) electrons. The Balaban J connectivity index is 2.86. The first kappa shape index (κ1) is 20.5. The molecule has 0 saturated heterocycles. The van der Waals surface area contributed by atoms with Crippen LogP contribution in [0.3, 0.4) is 0 Å². The maximum atomic E-state index is 12.6. The summed E-state index contributed by atoms with van der Waals surface area (Å²) < 4.78 is 11.6. The lowest BCUT2D eigenvalue weighted by Crippen LogP contribution is -2.42. The van der Waals surface area contributed by atoms with Gasteiger partial charge in [-0.15, -0.1) is 0 Å². The molecule has 136 valence electrons. The molecule has 1 N–H and O–H groups in total. The lowest BCUT2D eigenvalue weighted by Gasteiger charge is -2.27. The van der Waals surface area contributed by atoms with Crippen molar-refractivity contribution in [3.05, 3.63) is 23.3 Å². The van der Waals surface area contributed by atoms with Gasteiger partial charge in [0.15, 0.2) is 0 Å². The highest BCUT2D eigenvalue weighted by Gasteiger charge is 2.32. The van der Waals surface area contributed by atoms with E-state index in [1.54, 1.807) is 0 Å². The number of unbranched alkanes of at least 4 members (excludes halogenated alkanes) is 1. The first-order valence-electron chi connectivity index (χ1n) is 9.07. The lowest BCUT2D eigenvalue weighted by atomic mass is 10.0. The van der Waals surface area contributed by atoms with Crippen molar-refractivity contribution in [2.45, 2.75) is 72.8 Å². The summed E-state index contributed by atoms with van der Waals surface area (Å²) in [5.74, 6) is 0.818. The minimum atomic E-state index is -0.798. The highest BCUT2D eigenvalue weighted by Crippen LogP contribution is 2.28. The molecule has 0 spiro atoms. The maximum absolute atomic E-state index is 12.6. The summed E-state index contributed by atoms with van der Waals surface area (Å²) in [4.78, 5) is 12.6. The van der Waals surface area contributed by atoms with Gasteiger partial charge >= 0.3 is 0 Å². The molecule has 1 unspecified atom stereocenters. The van der Waals surface area contributed by atoms with E-state index in [0.29, 0.717) is 13.0 Å². The molecule has 0 saturated carbocycles. The van der Waals surface area contributed by atoms with E-state index in [-0.39, 0.29) is 5.91 Å². The molecule has 0 aliphatic rings. The van der Waals surface area contributed by atoms with Crippen LogP contribution in [0, 0.1) is 13.8 Å². The average molecular weight is 335 g/mol. The second-order valence-electron chi connectivity index (χ2n) is 6.53. The molecule has 0 aliphatic carbocycles. The number of rotatable bonds is 10. The van der Waals surface area contributed by atoms with Gasteiger partial charge in [0, 0.05) is 12.3 Å². The van der Waals surface area contributed by atoms with E-state index in [1.807, 2.05) is 46.8 Å². The lowest BCUT2D eigenvalue weighted by molar-refractivity contribution is -0.139. The smallest absolute Gasteiger partial charge is 0.256 e. The Bertz CT molecular complexity index is 519. The van der Waals surface area contributed by atoms with Crippen LogP contribution in [0.15, 0.2) is 12.1 Å². The molecule has 0 fully saturated rings. The van der Waals surface area contributed by atoms with E-state index in [2.05, 4.69) is 12.2 Å². The molecule has 4 nitrogen and oxygen atoms in total. The van der Waals surface area contributed by atoms with Gasteiger partial charge in [0.1, 0.15) is 11.4 Å². The molecule has 0 bridgehead atoms. The van der Waals surface area contributed by atoms with Crippen molar-refractivity contribution in [2.75, 3.05) is 18.5 Å². The van der Waals surface area contributed by atoms with Gasteiger partial charge < -0.3 is 14.8 Å². The third-order valence-corrected chi connectivity index (χ3v) is 4.24. The van der Waals surface area contributed by atoms with Crippen LogP contribution in [-0.2, 0) is 9.53 Å². The number of hydrogen-bond donors (Lipinski definition) is 1. The minimum absolute atomic E-state index is 0.100. The molecular weight excluding hydrogens is 302 g/mol. The third-order valence-electron chi connectivity index (χ3n) is 4.24. The number of benzene rings is 1. The third kappa shape index (κ3) is 5.52. The Hall–Kier alpha value is -1.55. The monoisotopic (exact) mass is 335 g/mol. The summed E-state index contributed by atoms with van der Waals surface area (Å²) in [6, 6.07) is 3.92. The van der Waals surface area contributed by atoms with Crippen molar-refractivity contribution in [3.63, 3.8) is 0 Å². The topological polar surface area (TPSA) is 47.6 Å². The van der Waals surface area contributed by atoms with Gasteiger partial charge in [-0.25, -0.2) is 0 Å². The number of carbonyl (C=O) groups is 1. The van der Waals surface area contributed by atoms with Gasteiger partial charge in [-0.05, 0) is 63.3 Å². The molecule has 1 amide bonds. The largest absolute Gasteiger partial charge is 0.493 e. The van der Waals surface area contributed by atoms with Gasteiger partial charge in [-0.1, -0.05) is 27.2 Å². The number of aryl methyl sites for hydroxylation is 2. The highest BCUT2D eigenvalue weighted by molar-refractivity contribution is 5.97. The summed E-state index contributed by atoms with van der Waals surface area (Å²) in [6.07, 6.45) is 3.68. The fourth-order valence-electron chi connectivity index (χ4n) is 2.49. The normalized spacial score (nSPS) is 13.4. The van der Waals surface area contributed by atoms with Crippen molar-refractivity contribution < 1.29 is 14.3 Å². The maximum Gasteiger partial charge on any atom is 0.256 e. The van der Waals surface area contributed by atoms with Gasteiger partial charge in [0.2, 0.25) is 0 Å². The SMILES string of the molecule is CCCCOc1c(C)cc(NC(=O)C(C)(CC)OCCC)cc1C. The van der Waals surface area contributed by atoms with Crippen LogP contribution in [0.4, 0.5) is 5.69 Å². The summed E-state index contributed by atoms with van der Waals surface area (Å²) in [5, 5.41) is 3.00. The molecule has 1 aromatic carbocycles. The van der Waals surface area contributed by atoms with E-state index in [0.717, 1.165) is 48.4 Å². The fourth-order valence-corrected chi connectivity index (χ4v) is 2.49. The zero-order chi connectivity index (χ0) is 18.2. The number of hydrogen-bond acceptors (Lipinski definition) is 3. The van der Waals surface area contributed by atoms with Crippen molar-refractivity contribution in [3.8, 4) is 5.75 Å². The van der Waals surface area contributed by atoms with E-state index in [9.17, 15) is 4.79 Å². The average Bonchev–Trinajstić information content (AvgIpc) is 2.55. The van der Waals surface area contributed by atoms with Crippen LogP contribution in [0.25, 0.3) is 0 Å². The quantitative estimate of drug-likeness (QED) is 0.611. The van der Waals surface area contributed by atoms with Crippen molar-refractivity contribution in [1.82, 2.24) is 0 Å². The Morgan fingerprint density at radius 1 is 1.08 bits per heavy atom. The van der Waals surface area contributed by atoms with Crippen LogP contribution >= 0.6 is 0 Å². The molecule has 1 rings (SSSR count). The zero-order valence-corrected chi connectivity index (χ0v) is 16.1. The standard InChI is InChI=1S/C20H33NO3/c1-7-10-12-23-18-15(4)13-17(14-16(18)5)21-19(22)20(6,9-3)24-11-8-2/h13-14H,7-12H2,1-6H3,(H,21,22). The van der Waals surface area contributed by atoms with Crippen LogP contribution < -0.4 is 10.1 Å². The molecule has 0 aliphatic heterocycles. The van der Waals surface area contributed by atoms with E-state index < -0.39 is 5.60 Å². The summed E-state index contributed by atoms with van der Waals surface area (Å²) in [7, 11) is 0. The Labute approximate surface area is 146 Å². The molecular formula is C20H33NO3. The van der Waals surface area contributed by atoms with Gasteiger partial charge in [-0.3, -0.25) is 4.79 Å². The first-order valence-corrected chi connectivity index (χ1v) is 9.07.